The summed E-state index contributed by atoms with van der Waals surface area (Å²) in [6.45, 7) is 4.21. The molecule has 0 amide bonds. The van der Waals surface area contributed by atoms with Crippen LogP contribution in [0.25, 0.3) is 5.69 Å². The maximum atomic E-state index is 5.84. The van der Waals surface area contributed by atoms with Crippen LogP contribution in [0.3, 0.4) is 0 Å². The van der Waals surface area contributed by atoms with E-state index in [0.717, 1.165) is 28.5 Å². The van der Waals surface area contributed by atoms with E-state index in [2.05, 4.69) is 87.1 Å². The number of anilines is 1. The number of pyridine rings is 2. The van der Waals surface area contributed by atoms with E-state index >= 15 is 0 Å². The van der Waals surface area contributed by atoms with Crippen molar-refractivity contribution < 1.29 is 0 Å². The number of aryl methyl sites for hydroxylation is 2. The standard InChI is InChI=1S/C25H23N5S/c1-17-8-11-19(12-9-17)30-24(23(28-25(30)31)21-7-3-4-15-27-21)22-13-10-18(2)29(22)20-6-5-14-26-16-20/h3-16,23-24H,1-2H3,(H,28,31)/t23-,24-/m0/s1. The van der Waals surface area contributed by atoms with Crippen LogP contribution in [0.2, 0.25) is 0 Å². The van der Waals surface area contributed by atoms with Gasteiger partial charge < -0.3 is 14.8 Å². The van der Waals surface area contributed by atoms with Gasteiger partial charge in [0.15, 0.2) is 5.11 Å². The Morgan fingerprint density at radius 3 is 2.42 bits per heavy atom. The van der Waals surface area contributed by atoms with Gasteiger partial charge in [-0.05, 0) is 74.6 Å². The third-order valence-corrected chi connectivity index (χ3v) is 6.04. The highest BCUT2D eigenvalue weighted by Gasteiger charge is 2.42. The molecular weight excluding hydrogens is 402 g/mol. The van der Waals surface area contributed by atoms with Crippen LogP contribution in [0.5, 0.6) is 0 Å². The lowest BCUT2D eigenvalue weighted by Crippen LogP contribution is -2.30. The average molecular weight is 426 g/mol. The van der Waals surface area contributed by atoms with Crippen molar-refractivity contribution in [3.05, 3.63) is 108 Å². The Morgan fingerprint density at radius 1 is 0.871 bits per heavy atom. The molecule has 31 heavy (non-hydrogen) atoms. The lowest BCUT2D eigenvalue weighted by Gasteiger charge is -2.29. The lowest BCUT2D eigenvalue weighted by molar-refractivity contribution is 0.548. The summed E-state index contributed by atoms with van der Waals surface area (Å²) in [5, 5.41) is 4.23. The van der Waals surface area contributed by atoms with E-state index in [1.165, 1.54) is 5.56 Å². The third-order valence-electron chi connectivity index (χ3n) is 5.72. The topological polar surface area (TPSA) is 46.0 Å². The fraction of sp³-hybridized carbons (Fsp3) is 0.160. The number of thiocarbonyl (C=S) groups is 1. The van der Waals surface area contributed by atoms with E-state index in [-0.39, 0.29) is 12.1 Å². The molecular formula is C25H23N5S. The van der Waals surface area contributed by atoms with E-state index in [1.807, 2.05) is 30.6 Å². The van der Waals surface area contributed by atoms with Crippen LogP contribution < -0.4 is 10.2 Å². The number of benzene rings is 1. The van der Waals surface area contributed by atoms with Crippen LogP contribution in [-0.2, 0) is 0 Å². The molecule has 0 aliphatic carbocycles. The van der Waals surface area contributed by atoms with Crippen LogP contribution in [-0.4, -0.2) is 19.6 Å². The molecule has 154 valence electrons. The maximum Gasteiger partial charge on any atom is 0.174 e. The van der Waals surface area contributed by atoms with Crippen LogP contribution >= 0.6 is 12.2 Å². The molecule has 2 atom stereocenters. The van der Waals surface area contributed by atoms with Gasteiger partial charge in [-0.15, -0.1) is 0 Å². The molecule has 0 spiro atoms. The van der Waals surface area contributed by atoms with Crippen molar-refractivity contribution in [2.75, 3.05) is 4.90 Å². The molecule has 6 heteroatoms. The van der Waals surface area contributed by atoms with Gasteiger partial charge in [-0.25, -0.2) is 0 Å². The Kier molecular flexibility index (Phi) is 5.00. The predicted octanol–water partition coefficient (Wildman–Crippen LogP) is 5.06. The highest BCUT2D eigenvalue weighted by molar-refractivity contribution is 7.80. The Balaban J connectivity index is 1.70. The summed E-state index contributed by atoms with van der Waals surface area (Å²) in [6.07, 6.45) is 5.52. The number of hydrogen-bond acceptors (Lipinski definition) is 3. The molecule has 1 aliphatic rings. The van der Waals surface area contributed by atoms with E-state index in [4.69, 9.17) is 12.2 Å². The van der Waals surface area contributed by atoms with Crippen molar-refractivity contribution in [1.82, 2.24) is 19.9 Å². The molecule has 1 aromatic carbocycles. The van der Waals surface area contributed by atoms with Crippen molar-refractivity contribution >= 4 is 23.0 Å². The minimum atomic E-state index is -0.0836. The Labute approximate surface area is 187 Å². The second-order valence-corrected chi connectivity index (χ2v) is 8.17. The molecule has 1 fully saturated rings. The number of nitrogens with zero attached hydrogens (tertiary/aromatic N) is 4. The summed E-state index contributed by atoms with van der Waals surface area (Å²) in [7, 11) is 0. The van der Waals surface area contributed by atoms with Crippen LogP contribution in [0.1, 0.15) is 34.7 Å². The average Bonchev–Trinajstić information content (AvgIpc) is 3.35. The molecule has 1 saturated heterocycles. The normalized spacial score (nSPS) is 18.3. The van der Waals surface area contributed by atoms with Gasteiger partial charge in [0.25, 0.3) is 0 Å². The van der Waals surface area contributed by atoms with Gasteiger partial charge in [0.05, 0.1) is 23.6 Å². The Morgan fingerprint density at radius 2 is 1.71 bits per heavy atom. The Hall–Kier alpha value is -3.51. The molecule has 0 unspecified atom stereocenters. The summed E-state index contributed by atoms with van der Waals surface area (Å²) < 4.78 is 2.25. The zero-order chi connectivity index (χ0) is 21.4. The second-order valence-electron chi connectivity index (χ2n) is 7.78. The first-order chi connectivity index (χ1) is 15.1. The van der Waals surface area contributed by atoms with Gasteiger partial charge in [0.1, 0.15) is 6.04 Å². The van der Waals surface area contributed by atoms with Gasteiger partial charge in [0.2, 0.25) is 0 Å². The smallest absolute Gasteiger partial charge is 0.174 e. The quantitative estimate of drug-likeness (QED) is 0.463. The first-order valence-electron chi connectivity index (χ1n) is 10.3. The van der Waals surface area contributed by atoms with Gasteiger partial charge in [-0.2, -0.15) is 0 Å². The number of aromatic nitrogens is 3. The third kappa shape index (κ3) is 3.49. The molecule has 3 aromatic heterocycles. The maximum absolute atomic E-state index is 5.84. The van der Waals surface area contributed by atoms with E-state index in [1.54, 1.807) is 6.20 Å². The van der Waals surface area contributed by atoms with E-state index in [0.29, 0.717) is 5.11 Å². The van der Waals surface area contributed by atoms with Crippen LogP contribution in [0.15, 0.2) is 85.3 Å². The van der Waals surface area contributed by atoms with E-state index in [9.17, 15) is 0 Å². The minimum Gasteiger partial charge on any atom is -0.351 e. The van der Waals surface area contributed by atoms with Crippen molar-refractivity contribution in [3.63, 3.8) is 0 Å². The highest BCUT2D eigenvalue weighted by atomic mass is 32.1. The van der Waals surface area contributed by atoms with Crippen molar-refractivity contribution in [3.8, 4) is 5.69 Å². The van der Waals surface area contributed by atoms with E-state index < -0.39 is 0 Å². The monoisotopic (exact) mass is 425 g/mol. The molecule has 4 heterocycles. The molecule has 1 N–H and O–H groups in total. The SMILES string of the molecule is Cc1ccc(N2C(=S)N[C@@H](c3ccccn3)[C@@H]2c2ccc(C)n2-c2cccnc2)cc1. The number of rotatable bonds is 4. The summed E-state index contributed by atoms with van der Waals surface area (Å²) in [5.41, 5.74) is 6.54. The highest BCUT2D eigenvalue weighted by Crippen LogP contribution is 2.42. The fourth-order valence-electron chi connectivity index (χ4n) is 4.27. The van der Waals surface area contributed by atoms with Crippen molar-refractivity contribution in [2.24, 2.45) is 0 Å². The predicted molar refractivity (Wildman–Crippen MR) is 127 cm³/mol. The minimum absolute atomic E-state index is 0.0704. The van der Waals surface area contributed by atoms with Crippen LogP contribution in [0, 0.1) is 13.8 Å². The molecule has 0 radical (unpaired) electrons. The van der Waals surface area contributed by atoms with Gasteiger partial charge in [-0.3, -0.25) is 9.97 Å². The lowest BCUT2D eigenvalue weighted by atomic mass is 10.0. The van der Waals surface area contributed by atoms with Crippen molar-refractivity contribution in [1.29, 1.82) is 0 Å². The largest absolute Gasteiger partial charge is 0.351 e. The summed E-state index contributed by atoms with van der Waals surface area (Å²) in [5.74, 6) is 0. The number of nitrogens with one attached hydrogen (secondary N) is 1. The Bertz CT molecular complexity index is 1200. The van der Waals surface area contributed by atoms with Gasteiger partial charge in [-0.1, -0.05) is 23.8 Å². The zero-order valence-electron chi connectivity index (χ0n) is 17.4. The van der Waals surface area contributed by atoms with Gasteiger partial charge in [0, 0.05) is 29.5 Å². The van der Waals surface area contributed by atoms with Crippen LogP contribution in [0.4, 0.5) is 5.69 Å². The second kappa shape index (κ2) is 7.96. The summed E-state index contributed by atoms with van der Waals surface area (Å²) >= 11 is 5.84. The molecule has 5 nitrogen and oxygen atoms in total. The summed E-state index contributed by atoms with van der Waals surface area (Å²) in [6, 6.07) is 22.7. The zero-order valence-corrected chi connectivity index (χ0v) is 18.3. The van der Waals surface area contributed by atoms with Crippen molar-refractivity contribution in [2.45, 2.75) is 25.9 Å². The van der Waals surface area contributed by atoms with Gasteiger partial charge >= 0.3 is 0 Å². The first-order valence-corrected chi connectivity index (χ1v) is 10.7. The molecule has 5 rings (SSSR count). The number of hydrogen-bond donors (Lipinski definition) is 1. The molecule has 4 aromatic rings. The fourth-order valence-corrected chi connectivity index (χ4v) is 4.61. The molecule has 0 saturated carbocycles. The summed E-state index contributed by atoms with van der Waals surface area (Å²) in [4.78, 5) is 11.2. The first kappa shape index (κ1) is 19.5. The molecule has 1 aliphatic heterocycles. The molecule has 0 bridgehead atoms.